The fourth-order valence-corrected chi connectivity index (χ4v) is 2.60. The number of benzene rings is 2. The van der Waals surface area contributed by atoms with Crippen LogP contribution in [0.1, 0.15) is 5.56 Å². The first-order valence-electron chi connectivity index (χ1n) is 5.69. The molecule has 2 aromatic carbocycles. The Morgan fingerprint density at radius 3 is 2.55 bits per heavy atom. The molecule has 102 valence electrons. The van der Waals surface area contributed by atoms with Crippen molar-refractivity contribution in [2.24, 2.45) is 0 Å². The third kappa shape index (κ3) is 3.85. The average Bonchev–Trinajstić information content (AvgIpc) is 2.41. The molecular weight excluding hydrogens is 299 g/mol. The molecule has 0 aliphatic carbocycles. The Morgan fingerprint density at radius 2 is 1.90 bits per heavy atom. The number of rotatable bonds is 4. The molecule has 20 heavy (non-hydrogen) atoms. The van der Waals surface area contributed by atoms with Crippen molar-refractivity contribution in [1.82, 2.24) is 0 Å². The number of carboxylic acid groups (broad SMARTS) is 1. The quantitative estimate of drug-likeness (QED) is 0.830. The largest absolute Gasteiger partial charge is 0.478 e. The number of carboxylic acids is 1. The van der Waals surface area contributed by atoms with Gasteiger partial charge in [0.25, 0.3) is 0 Å². The predicted octanol–water partition coefficient (Wildman–Crippen LogP) is 4.73. The molecule has 0 amide bonds. The highest BCUT2D eigenvalue weighted by atomic mass is 35.5. The minimum atomic E-state index is -1.07. The van der Waals surface area contributed by atoms with E-state index in [-0.39, 0.29) is 0 Å². The van der Waals surface area contributed by atoms with E-state index in [0.29, 0.717) is 15.5 Å². The van der Waals surface area contributed by atoms with E-state index in [9.17, 15) is 9.18 Å². The predicted molar refractivity (Wildman–Crippen MR) is 78.6 cm³/mol. The molecule has 1 N–H and O–H groups in total. The Kier molecular flexibility index (Phi) is 4.82. The summed E-state index contributed by atoms with van der Waals surface area (Å²) in [6, 6.07) is 11.6. The van der Waals surface area contributed by atoms with Crippen LogP contribution in [0, 0.1) is 5.82 Å². The molecule has 0 aromatic heterocycles. The summed E-state index contributed by atoms with van der Waals surface area (Å²) in [4.78, 5) is 11.8. The van der Waals surface area contributed by atoms with E-state index in [1.807, 2.05) is 0 Å². The molecule has 0 aliphatic rings. The van der Waals surface area contributed by atoms with Crippen LogP contribution in [-0.4, -0.2) is 11.1 Å². The van der Waals surface area contributed by atoms with Gasteiger partial charge in [-0.3, -0.25) is 0 Å². The molecule has 2 nitrogen and oxygen atoms in total. The van der Waals surface area contributed by atoms with Crippen molar-refractivity contribution in [3.05, 3.63) is 64.9 Å². The lowest BCUT2D eigenvalue weighted by atomic mass is 10.2. The van der Waals surface area contributed by atoms with E-state index in [1.54, 1.807) is 36.4 Å². The Morgan fingerprint density at radius 1 is 1.20 bits per heavy atom. The molecule has 0 bridgehead atoms. The van der Waals surface area contributed by atoms with Crippen LogP contribution < -0.4 is 0 Å². The molecule has 0 atom stereocenters. The zero-order valence-electron chi connectivity index (χ0n) is 10.2. The van der Waals surface area contributed by atoms with Crippen LogP contribution in [0.5, 0.6) is 0 Å². The topological polar surface area (TPSA) is 37.3 Å². The highest BCUT2D eigenvalue weighted by Gasteiger charge is 2.08. The van der Waals surface area contributed by atoms with Gasteiger partial charge in [0.15, 0.2) is 0 Å². The van der Waals surface area contributed by atoms with Crippen LogP contribution in [0.25, 0.3) is 6.08 Å². The fourth-order valence-electron chi connectivity index (χ4n) is 1.55. The standard InChI is InChI=1S/C15H10ClFO2S/c16-11-5-7-12(8-6-11)20-15-10(4-9-14(18)19)2-1-3-13(15)17/h1-9H,(H,18,19)/b9-4+. The van der Waals surface area contributed by atoms with Gasteiger partial charge in [0.05, 0.1) is 4.90 Å². The van der Waals surface area contributed by atoms with Crippen molar-refractivity contribution in [3.63, 3.8) is 0 Å². The van der Waals surface area contributed by atoms with E-state index in [4.69, 9.17) is 16.7 Å². The third-order valence-corrected chi connectivity index (χ3v) is 3.83. The van der Waals surface area contributed by atoms with Crippen LogP contribution in [0.2, 0.25) is 5.02 Å². The molecule has 0 unspecified atom stereocenters. The maximum atomic E-state index is 13.9. The van der Waals surface area contributed by atoms with Gasteiger partial charge in [0.2, 0.25) is 0 Å². The Balaban J connectivity index is 2.34. The van der Waals surface area contributed by atoms with Gasteiger partial charge in [-0.2, -0.15) is 0 Å². The first-order valence-corrected chi connectivity index (χ1v) is 6.88. The summed E-state index contributed by atoms with van der Waals surface area (Å²) in [6.45, 7) is 0. The lowest BCUT2D eigenvalue weighted by Crippen LogP contribution is -1.89. The lowest BCUT2D eigenvalue weighted by molar-refractivity contribution is -0.131. The van der Waals surface area contributed by atoms with Crippen LogP contribution >= 0.6 is 23.4 Å². The molecule has 0 saturated carbocycles. The molecule has 0 aliphatic heterocycles. The van der Waals surface area contributed by atoms with Crippen LogP contribution in [0.3, 0.4) is 0 Å². The van der Waals surface area contributed by atoms with E-state index in [2.05, 4.69) is 0 Å². The van der Waals surface area contributed by atoms with E-state index < -0.39 is 11.8 Å². The van der Waals surface area contributed by atoms with E-state index in [1.165, 1.54) is 23.9 Å². The molecular formula is C15H10ClFO2S. The molecule has 0 spiro atoms. The molecule has 5 heteroatoms. The van der Waals surface area contributed by atoms with Gasteiger partial charge in [-0.1, -0.05) is 35.5 Å². The summed E-state index contributed by atoms with van der Waals surface area (Å²) in [7, 11) is 0. The van der Waals surface area contributed by atoms with Crippen LogP contribution in [-0.2, 0) is 4.79 Å². The van der Waals surface area contributed by atoms with Crippen molar-refractivity contribution in [1.29, 1.82) is 0 Å². The smallest absolute Gasteiger partial charge is 0.328 e. The van der Waals surface area contributed by atoms with Crippen molar-refractivity contribution in [2.45, 2.75) is 9.79 Å². The number of halogens is 2. The first-order chi connectivity index (χ1) is 9.56. The first kappa shape index (κ1) is 14.6. The summed E-state index contributed by atoms with van der Waals surface area (Å²) in [5, 5.41) is 9.26. The summed E-state index contributed by atoms with van der Waals surface area (Å²) in [5.74, 6) is -1.46. The maximum absolute atomic E-state index is 13.9. The second-order valence-corrected chi connectivity index (χ2v) is 5.41. The highest BCUT2D eigenvalue weighted by Crippen LogP contribution is 2.33. The molecule has 0 fully saturated rings. The summed E-state index contributed by atoms with van der Waals surface area (Å²) in [6.07, 6.45) is 2.37. The minimum Gasteiger partial charge on any atom is -0.478 e. The maximum Gasteiger partial charge on any atom is 0.328 e. The molecule has 0 heterocycles. The fraction of sp³-hybridized carbons (Fsp3) is 0. The van der Waals surface area contributed by atoms with Gasteiger partial charge in [0, 0.05) is 16.0 Å². The van der Waals surface area contributed by atoms with Crippen LogP contribution in [0.4, 0.5) is 4.39 Å². The lowest BCUT2D eigenvalue weighted by Gasteiger charge is -2.07. The second-order valence-electron chi connectivity index (χ2n) is 3.89. The van der Waals surface area contributed by atoms with Crippen molar-refractivity contribution < 1.29 is 14.3 Å². The molecule has 0 radical (unpaired) electrons. The van der Waals surface area contributed by atoms with E-state index in [0.717, 1.165) is 11.0 Å². The summed E-state index contributed by atoms with van der Waals surface area (Å²) < 4.78 is 13.9. The van der Waals surface area contributed by atoms with Gasteiger partial charge in [-0.15, -0.1) is 0 Å². The number of aliphatic carboxylic acids is 1. The zero-order chi connectivity index (χ0) is 14.5. The Bertz CT molecular complexity index is 653. The molecule has 2 rings (SSSR count). The molecule has 0 saturated heterocycles. The van der Waals surface area contributed by atoms with Gasteiger partial charge in [-0.05, 0) is 42.0 Å². The zero-order valence-corrected chi connectivity index (χ0v) is 11.8. The van der Waals surface area contributed by atoms with Gasteiger partial charge in [0.1, 0.15) is 5.82 Å². The van der Waals surface area contributed by atoms with E-state index >= 15 is 0 Å². The van der Waals surface area contributed by atoms with Crippen molar-refractivity contribution in [2.75, 3.05) is 0 Å². The molecule has 2 aromatic rings. The summed E-state index contributed by atoms with van der Waals surface area (Å²) in [5.41, 5.74) is 0.521. The number of hydrogen-bond donors (Lipinski definition) is 1. The third-order valence-electron chi connectivity index (χ3n) is 2.44. The number of carbonyl (C=O) groups is 1. The van der Waals surface area contributed by atoms with Crippen molar-refractivity contribution >= 4 is 35.4 Å². The number of hydrogen-bond acceptors (Lipinski definition) is 2. The normalized spacial score (nSPS) is 10.9. The SMILES string of the molecule is O=C(O)/C=C/c1cccc(F)c1Sc1ccc(Cl)cc1. The Hall–Kier alpha value is -1.78. The highest BCUT2D eigenvalue weighted by molar-refractivity contribution is 7.99. The van der Waals surface area contributed by atoms with Crippen molar-refractivity contribution in [3.8, 4) is 0 Å². The van der Waals surface area contributed by atoms with Gasteiger partial charge in [-0.25, -0.2) is 9.18 Å². The average molecular weight is 309 g/mol. The summed E-state index contributed by atoms with van der Waals surface area (Å²) >= 11 is 7.03. The van der Waals surface area contributed by atoms with Gasteiger partial charge < -0.3 is 5.11 Å². The minimum absolute atomic E-state index is 0.382. The Labute approximate surface area is 124 Å². The van der Waals surface area contributed by atoms with Crippen LogP contribution in [0.15, 0.2) is 58.3 Å². The second kappa shape index (κ2) is 6.59. The monoisotopic (exact) mass is 308 g/mol. The van der Waals surface area contributed by atoms with Gasteiger partial charge >= 0.3 is 5.97 Å².